The molecule has 0 aliphatic heterocycles. The minimum absolute atomic E-state index is 0. The Labute approximate surface area is 173 Å². The molecule has 0 radical (unpaired) electrons. The molecule has 1 aliphatic carbocycles. The van der Waals surface area contributed by atoms with Crippen LogP contribution in [-0.4, -0.2) is 45.2 Å². The van der Waals surface area contributed by atoms with Crippen molar-refractivity contribution < 1.29 is 9.53 Å². The Hall–Kier alpha value is -1.35. The second-order valence-corrected chi connectivity index (χ2v) is 6.33. The van der Waals surface area contributed by atoms with E-state index < -0.39 is 0 Å². The number of ether oxygens (including phenoxy) is 1. The summed E-state index contributed by atoms with van der Waals surface area (Å²) in [6.07, 6.45) is 4.51. The maximum Gasteiger partial charge on any atom is 0.243 e. The zero-order chi connectivity index (χ0) is 17.9. The molecule has 0 aromatic heterocycles. The molecule has 0 saturated heterocycles. The number of carbonyl (C=O) groups is 1. The van der Waals surface area contributed by atoms with Gasteiger partial charge >= 0.3 is 0 Å². The van der Waals surface area contributed by atoms with Gasteiger partial charge in [0.25, 0.3) is 0 Å². The van der Waals surface area contributed by atoms with E-state index in [1.54, 1.807) is 7.05 Å². The Bertz CT molecular complexity index is 576. The predicted octanol–water partition coefficient (Wildman–Crippen LogP) is 2.79. The monoisotopic (exact) mass is 474 g/mol. The van der Waals surface area contributed by atoms with E-state index in [1.165, 1.54) is 18.4 Å². The maximum absolute atomic E-state index is 12.0. The van der Waals surface area contributed by atoms with E-state index in [0.29, 0.717) is 5.96 Å². The summed E-state index contributed by atoms with van der Waals surface area (Å²) in [5.41, 5.74) is 2.02. The maximum atomic E-state index is 12.0. The lowest BCUT2D eigenvalue weighted by Crippen LogP contribution is -2.41. The molecule has 1 aromatic carbocycles. The van der Waals surface area contributed by atoms with Gasteiger partial charge in [-0.25, -0.2) is 0 Å². The first-order chi connectivity index (χ1) is 12.2. The van der Waals surface area contributed by atoms with Crippen LogP contribution in [-0.2, 0) is 16.0 Å². The second kappa shape index (κ2) is 12.9. The normalized spacial score (nSPS) is 13.7. The molecule has 26 heavy (non-hydrogen) atoms. The molecule has 0 bridgehead atoms. The number of aryl methyl sites for hydroxylation is 1. The molecule has 1 fully saturated rings. The van der Waals surface area contributed by atoms with Crippen molar-refractivity contribution in [2.24, 2.45) is 10.9 Å². The molecule has 0 heterocycles. The van der Waals surface area contributed by atoms with Crippen molar-refractivity contribution in [2.45, 2.75) is 32.6 Å². The van der Waals surface area contributed by atoms with Crippen LogP contribution in [0, 0.1) is 5.92 Å². The molecule has 1 amide bonds. The van der Waals surface area contributed by atoms with Crippen molar-refractivity contribution in [1.82, 2.24) is 10.6 Å². The number of aliphatic imine (C=N–C) groups is 1. The Balaban J connectivity index is 0.00000338. The van der Waals surface area contributed by atoms with Crippen LogP contribution >= 0.6 is 24.0 Å². The number of nitrogens with one attached hydrogen (secondary N) is 3. The van der Waals surface area contributed by atoms with E-state index >= 15 is 0 Å². The summed E-state index contributed by atoms with van der Waals surface area (Å²) in [6, 6.07) is 7.89. The number of carbonyl (C=O) groups excluding carboxylic acids is 1. The lowest BCUT2D eigenvalue weighted by atomic mass is 10.1. The van der Waals surface area contributed by atoms with Gasteiger partial charge < -0.3 is 20.7 Å². The van der Waals surface area contributed by atoms with Gasteiger partial charge in [0.15, 0.2) is 5.96 Å². The van der Waals surface area contributed by atoms with Crippen molar-refractivity contribution in [3.8, 4) is 0 Å². The largest absolute Gasteiger partial charge is 0.381 e. The number of halogens is 1. The Morgan fingerprint density at radius 2 is 2.12 bits per heavy atom. The standard InChI is InChI=1S/C19H30N4O2.HI/c1-3-15-6-4-7-17(12-15)23-18(24)13-22-19(20-2)21-10-5-11-25-14-16-8-9-16;/h4,6-7,12,16H,3,5,8-11,13-14H2,1-2H3,(H,23,24)(H2,20,21,22);1H. The minimum Gasteiger partial charge on any atom is -0.381 e. The summed E-state index contributed by atoms with van der Waals surface area (Å²) < 4.78 is 5.59. The van der Waals surface area contributed by atoms with Gasteiger partial charge in [-0.2, -0.15) is 0 Å². The number of nitrogens with zero attached hydrogens (tertiary/aromatic N) is 1. The van der Waals surface area contributed by atoms with Crippen LogP contribution in [0.5, 0.6) is 0 Å². The second-order valence-electron chi connectivity index (χ2n) is 6.33. The molecular formula is C19H31IN4O2. The van der Waals surface area contributed by atoms with Crippen LogP contribution < -0.4 is 16.0 Å². The lowest BCUT2D eigenvalue weighted by Gasteiger charge is -2.12. The summed E-state index contributed by atoms with van der Waals surface area (Å²) in [7, 11) is 1.70. The van der Waals surface area contributed by atoms with E-state index in [4.69, 9.17) is 4.74 Å². The smallest absolute Gasteiger partial charge is 0.243 e. The van der Waals surface area contributed by atoms with Gasteiger partial charge in [0, 0.05) is 32.5 Å². The highest BCUT2D eigenvalue weighted by Crippen LogP contribution is 2.28. The fraction of sp³-hybridized carbons (Fsp3) is 0.579. The number of rotatable bonds is 10. The summed E-state index contributed by atoms with van der Waals surface area (Å²) in [5, 5.41) is 9.11. The number of hydrogen-bond donors (Lipinski definition) is 3. The highest BCUT2D eigenvalue weighted by Gasteiger charge is 2.20. The van der Waals surface area contributed by atoms with E-state index in [-0.39, 0.29) is 36.4 Å². The number of amides is 1. The summed E-state index contributed by atoms with van der Waals surface area (Å²) in [5.74, 6) is 1.34. The van der Waals surface area contributed by atoms with Crippen molar-refractivity contribution in [1.29, 1.82) is 0 Å². The fourth-order valence-corrected chi connectivity index (χ4v) is 2.37. The van der Waals surface area contributed by atoms with Crippen LogP contribution in [0.15, 0.2) is 29.3 Å². The van der Waals surface area contributed by atoms with Gasteiger partial charge in [0.1, 0.15) is 0 Å². The quantitative estimate of drug-likeness (QED) is 0.211. The number of benzene rings is 1. The SMILES string of the molecule is CCc1cccc(NC(=O)CNC(=NC)NCCCOCC2CC2)c1.I. The molecule has 0 spiro atoms. The molecule has 7 heteroatoms. The highest BCUT2D eigenvalue weighted by molar-refractivity contribution is 14.0. The van der Waals surface area contributed by atoms with E-state index in [9.17, 15) is 4.79 Å². The molecular weight excluding hydrogens is 443 g/mol. The zero-order valence-electron chi connectivity index (χ0n) is 15.7. The third kappa shape index (κ3) is 9.38. The molecule has 2 rings (SSSR count). The van der Waals surface area contributed by atoms with Gasteiger partial charge in [-0.05, 0) is 49.3 Å². The third-order valence-corrected chi connectivity index (χ3v) is 4.07. The first kappa shape index (κ1) is 22.7. The summed E-state index contributed by atoms with van der Waals surface area (Å²) >= 11 is 0. The molecule has 0 unspecified atom stereocenters. The van der Waals surface area contributed by atoms with Crippen molar-refractivity contribution >= 4 is 41.5 Å². The summed E-state index contributed by atoms with van der Waals surface area (Å²) in [6.45, 7) is 4.69. The molecule has 1 aromatic rings. The molecule has 0 atom stereocenters. The molecule has 6 nitrogen and oxygen atoms in total. The van der Waals surface area contributed by atoms with Gasteiger partial charge in [-0.15, -0.1) is 24.0 Å². The predicted molar refractivity (Wildman–Crippen MR) is 117 cm³/mol. The van der Waals surface area contributed by atoms with Crippen molar-refractivity contribution in [3.05, 3.63) is 29.8 Å². The number of anilines is 1. The van der Waals surface area contributed by atoms with Crippen LogP contribution in [0.2, 0.25) is 0 Å². The first-order valence-corrected chi connectivity index (χ1v) is 9.12. The Morgan fingerprint density at radius 3 is 2.81 bits per heavy atom. The third-order valence-electron chi connectivity index (χ3n) is 4.07. The van der Waals surface area contributed by atoms with E-state index in [1.807, 2.05) is 24.3 Å². The van der Waals surface area contributed by atoms with Crippen LogP contribution in [0.4, 0.5) is 5.69 Å². The Morgan fingerprint density at radius 1 is 1.31 bits per heavy atom. The minimum atomic E-state index is -0.0935. The van der Waals surface area contributed by atoms with Gasteiger partial charge in [-0.3, -0.25) is 9.79 Å². The zero-order valence-corrected chi connectivity index (χ0v) is 18.0. The van der Waals surface area contributed by atoms with Crippen LogP contribution in [0.3, 0.4) is 0 Å². The van der Waals surface area contributed by atoms with Gasteiger partial charge in [0.05, 0.1) is 6.54 Å². The van der Waals surface area contributed by atoms with Crippen molar-refractivity contribution in [3.63, 3.8) is 0 Å². The van der Waals surface area contributed by atoms with Gasteiger partial charge in [0.2, 0.25) is 5.91 Å². The van der Waals surface area contributed by atoms with Crippen LogP contribution in [0.25, 0.3) is 0 Å². The average molecular weight is 474 g/mol. The topological polar surface area (TPSA) is 74.8 Å². The molecule has 1 saturated carbocycles. The van der Waals surface area contributed by atoms with E-state index in [0.717, 1.165) is 44.2 Å². The van der Waals surface area contributed by atoms with Gasteiger partial charge in [-0.1, -0.05) is 19.1 Å². The number of hydrogen-bond acceptors (Lipinski definition) is 3. The van der Waals surface area contributed by atoms with Crippen LogP contribution in [0.1, 0.15) is 31.7 Å². The first-order valence-electron chi connectivity index (χ1n) is 9.12. The van der Waals surface area contributed by atoms with Crippen molar-refractivity contribution in [2.75, 3.05) is 38.7 Å². The average Bonchev–Trinajstić information content (AvgIpc) is 3.45. The molecule has 1 aliphatic rings. The lowest BCUT2D eigenvalue weighted by molar-refractivity contribution is -0.115. The molecule has 146 valence electrons. The van der Waals surface area contributed by atoms with E-state index in [2.05, 4.69) is 27.9 Å². The molecule has 3 N–H and O–H groups in total. The number of guanidine groups is 1. The fourth-order valence-electron chi connectivity index (χ4n) is 2.37. The highest BCUT2D eigenvalue weighted by atomic mass is 127. The summed E-state index contributed by atoms with van der Waals surface area (Å²) in [4.78, 5) is 16.2. The Kier molecular flexibility index (Phi) is 11.3.